The number of amides is 1. The first-order valence-electron chi connectivity index (χ1n) is 8.14. The largest absolute Gasteiger partial charge is 0.381 e. The molecule has 4 rings (SSSR count). The Morgan fingerprint density at radius 1 is 1.35 bits per heavy atom. The third kappa shape index (κ3) is 2.88. The van der Waals surface area contributed by atoms with Crippen LogP contribution in [0.5, 0.6) is 0 Å². The first kappa shape index (κ1) is 14.4. The third-order valence-electron chi connectivity index (χ3n) is 4.56. The summed E-state index contributed by atoms with van der Waals surface area (Å²) in [6.45, 7) is 2.24. The van der Waals surface area contributed by atoms with E-state index in [-0.39, 0.29) is 18.1 Å². The first-order valence-corrected chi connectivity index (χ1v) is 8.14. The second kappa shape index (κ2) is 5.81. The molecule has 2 aromatic heterocycles. The van der Waals surface area contributed by atoms with Gasteiger partial charge in [-0.25, -0.2) is 9.48 Å². The van der Waals surface area contributed by atoms with Crippen molar-refractivity contribution in [2.24, 2.45) is 5.92 Å². The van der Waals surface area contributed by atoms with Gasteiger partial charge in [0.05, 0.1) is 6.61 Å². The number of pyridine rings is 1. The van der Waals surface area contributed by atoms with Gasteiger partial charge in [0, 0.05) is 31.3 Å². The zero-order valence-corrected chi connectivity index (χ0v) is 12.9. The van der Waals surface area contributed by atoms with E-state index < -0.39 is 0 Å². The molecule has 1 aliphatic heterocycles. The summed E-state index contributed by atoms with van der Waals surface area (Å²) in [7, 11) is 0. The smallest absolute Gasteiger partial charge is 0.350 e. The van der Waals surface area contributed by atoms with Crippen molar-refractivity contribution in [2.75, 3.05) is 19.8 Å². The van der Waals surface area contributed by atoms with Crippen LogP contribution >= 0.6 is 0 Å². The number of carbonyl (C=O) groups is 1. The third-order valence-corrected chi connectivity index (χ3v) is 4.56. The molecular formula is C16H20N4O3. The molecule has 7 heteroatoms. The molecule has 23 heavy (non-hydrogen) atoms. The van der Waals surface area contributed by atoms with E-state index in [4.69, 9.17) is 4.74 Å². The Bertz CT molecular complexity index is 771. The van der Waals surface area contributed by atoms with Crippen molar-refractivity contribution in [3.63, 3.8) is 0 Å². The van der Waals surface area contributed by atoms with Crippen molar-refractivity contribution >= 4 is 11.6 Å². The van der Waals surface area contributed by atoms with Crippen LogP contribution in [0.15, 0.2) is 29.2 Å². The average Bonchev–Trinajstić information content (AvgIpc) is 3.17. The molecule has 0 N–H and O–H groups in total. The average molecular weight is 316 g/mol. The van der Waals surface area contributed by atoms with E-state index in [0.717, 1.165) is 39.0 Å². The van der Waals surface area contributed by atoms with Crippen LogP contribution in [0.2, 0.25) is 0 Å². The molecule has 7 nitrogen and oxygen atoms in total. The lowest BCUT2D eigenvalue weighted by Gasteiger charge is -2.25. The summed E-state index contributed by atoms with van der Waals surface area (Å²) >= 11 is 0. The predicted octanol–water partition coefficient (Wildman–Crippen LogP) is 0.523. The summed E-state index contributed by atoms with van der Waals surface area (Å²) in [6, 6.07) is 5.69. The van der Waals surface area contributed by atoms with Crippen molar-refractivity contribution in [1.29, 1.82) is 0 Å². The summed E-state index contributed by atoms with van der Waals surface area (Å²) in [4.78, 5) is 26.9. The Hall–Kier alpha value is -2.15. The lowest BCUT2D eigenvalue weighted by atomic mass is 10.1. The van der Waals surface area contributed by atoms with Crippen LogP contribution in [0.25, 0.3) is 5.65 Å². The molecule has 1 atom stereocenters. The molecule has 2 aromatic rings. The fraction of sp³-hybridized carbons (Fsp3) is 0.562. The fourth-order valence-corrected chi connectivity index (χ4v) is 3.14. The molecule has 1 aliphatic carbocycles. The molecule has 2 fully saturated rings. The van der Waals surface area contributed by atoms with E-state index in [9.17, 15) is 9.59 Å². The van der Waals surface area contributed by atoms with Gasteiger partial charge in [0.2, 0.25) is 5.91 Å². The number of nitrogens with zero attached hydrogens (tertiary/aromatic N) is 4. The minimum Gasteiger partial charge on any atom is -0.381 e. The summed E-state index contributed by atoms with van der Waals surface area (Å²) in [5.74, 6) is 0.391. The molecule has 0 bridgehead atoms. The fourth-order valence-electron chi connectivity index (χ4n) is 3.14. The normalized spacial score (nSPS) is 21.0. The van der Waals surface area contributed by atoms with Gasteiger partial charge in [-0.15, -0.1) is 5.10 Å². The number of carbonyl (C=O) groups excluding carboxylic acids is 1. The quantitative estimate of drug-likeness (QED) is 0.806. The predicted molar refractivity (Wildman–Crippen MR) is 83.1 cm³/mol. The van der Waals surface area contributed by atoms with Gasteiger partial charge in [0.25, 0.3) is 0 Å². The molecule has 3 heterocycles. The number of ether oxygens (including phenoxy) is 1. The summed E-state index contributed by atoms with van der Waals surface area (Å²) in [5.41, 5.74) is 0.293. The Kier molecular flexibility index (Phi) is 3.65. The van der Waals surface area contributed by atoms with E-state index in [2.05, 4.69) is 5.10 Å². The van der Waals surface area contributed by atoms with Crippen molar-refractivity contribution < 1.29 is 9.53 Å². The van der Waals surface area contributed by atoms with Crippen LogP contribution < -0.4 is 5.69 Å². The van der Waals surface area contributed by atoms with Gasteiger partial charge in [-0.05, 0) is 31.4 Å². The van der Waals surface area contributed by atoms with Crippen molar-refractivity contribution in [3.05, 3.63) is 34.9 Å². The van der Waals surface area contributed by atoms with Gasteiger partial charge >= 0.3 is 5.69 Å². The number of hydrogen-bond acceptors (Lipinski definition) is 4. The van der Waals surface area contributed by atoms with Crippen LogP contribution in [0, 0.1) is 5.92 Å². The van der Waals surface area contributed by atoms with Crippen LogP contribution in [0.3, 0.4) is 0 Å². The maximum atomic E-state index is 12.7. The van der Waals surface area contributed by atoms with Crippen LogP contribution in [0.1, 0.15) is 19.3 Å². The Morgan fingerprint density at radius 3 is 2.91 bits per heavy atom. The lowest BCUT2D eigenvalue weighted by molar-refractivity contribution is -0.133. The van der Waals surface area contributed by atoms with Gasteiger partial charge in [0.1, 0.15) is 6.54 Å². The van der Waals surface area contributed by atoms with Crippen LogP contribution in [-0.2, 0) is 16.1 Å². The second-order valence-electron chi connectivity index (χ2n) is 6.38. The topological polar surface area (TPSA) is 68.8 Å². The van der Waals surface area contributed by atoms with Gasteiger partial charge in [-0.2, -0.15) is 0 Å². The number of fused-ring (bicyclic) bond motifs is 1. The van der Waals surface area contributed by atoms with Crippen LogP contribution in [-0.4, -0.2) is 50.8 Å². The molecule has 0 aromatic carbocycles. The van der Waals surface area contributed by atoms with Crippen molar-refractivity contribution in [1.82, 2.24) is 19.1 Å². The van der Waals surface area contributed by atoms with E-state index >= 15 is 0 Å². The van der Waals surface area contributed by atoms with Gasteiger partial charge < -0.3 is 9.64 Å². The highest BCUT2D eigenvalue weighted by atomic mass is 16.5. The highest BCUT2D eigenvalue weighted by Gasteiger charge is 2.35. The molecule has 1 saturated heterocycles. The van der Waals surface area contributed by atoms with E-state index in [0.29, 0.717) is 17.6 Å². The summed E-state index contributed by atoms with van der Waals surface area (Å²) < 4.78 is 8.13. The highest BCUT2D eigenvalue weighted by Crippen LogP contribution is 2.29. The molecule has 1 saturated carbocycles. The van der Waals surface area contributed by atoms with Crippen LogP contribution in [0.4, 0.5) is 0 Å². The Balaban J connectivity index is 1.52. The SMILES string of the molecule is O=C(Cn1nc2ccccn2c1=O)N(CC1CCOC1)C1CC1. The number of hydrogen-bond donors (Lipinski definition) is 0. The molecular weight excluding hydrogens is 296 g/mol. The number of rotatable bonds is 5. The lowest BCUT2D eigenvalue weighted by Crippen LogP contribution is -2.41. The molecule has 0 spiro atoms. The molecule has 1 amide bonds. The molecule has 122 valence electrons. The highest BCUT2D eigenvalue weighted by molar-refractivity contribution is 5.76. The molecule has 1 unspecified atom stereocenters. The Morgan fingerprint density at radius 2 is 2.22 bits per heavy atom. The Labute approximate surface area is 133 Å². The summed E-state index contributed by atoms with van der Waals surface area (Å²) in [6.07, 6.45) is 4.78. The van der Waals surface area contributed by atoms with Crippen molar-refractivity contribution in [3.8, 4) is 0 Å². The monoisotopic (exact) mass is 316 g/mol. The minimum absolute atomic E-state index is 0.00455. The van der Waals surface area contributed by atoms with E-state index in [1.54, 1.807) is 18.3 Å². The van der Waals surface area contributed by atoms with E-state index in [1.807, 2.05) is 11.0 Å². The minimum atomic E-state index is -0.270. The van der Waals surface area contributed by atoms with Crippen molar-refractivity contribution in [2.45, 2.75) is 31.8 Å². The zero-order valence-electron chi connectivity index (χ0n) is 12.9. The summed E-state index contributed by atoms with van der Waals surface area (Å²) in [5, 5.41) is 4.24. The molecule has 0 radical (unpaired) electrons. The van der Waals surface area contributed by atoms with Gasteiger partial charge in [-0.1, -0.05) is 6.07 Å². The first-order chi connectivity index (χ1) is 11.2. The second-order valence-corrected chi connectivity index (χ2v) is 6.38. The molecule has 2 aliphatic rings. The standard InChI is InChI=1S/C16H20N4O3/c21-15(19(13-4-5-13)9-12-6-8-23-11-12)10-20-16(22)18-7-2-1-3-14(18)17-20/h1-3,7,12-13H,4-6,8-11H2. The van der Waals surface area contributed by atoms with Gasteiger partial charge in [0.15, 0.2) is 5.65 Å². The zero-order chi connectivity index (χ0) is 15.8. The maximum absolute atomic E-state index is 12.7. The van der Waals surface area contributed by atoms with E-state index in [1.165, 1.54) is 9.08 Å². The maximum Gasteiger partial charge on any atom is 0.350 e. The van der Waals surface area contributed by atoms with Gasteiger partial charge in [-0.3, -0.25) is 9.20 Å². The number of aromatic nitrogens is 3.